The summed E-state index contributed by atoms with van der Waals surface area (Å²) in [5.41, 5.74) is 4.71. The second-order valence-electron chi connectivity index (χ2n) is 9.09. The number of hydrogen-bond donors (Lipinski definition) is 1. The number of pyridine rings is 1. The van der Waals surface area contributed by atoms with Crippen molar-refractivity contribution in [3.05, 3.63) is 64.5 Å². The predicted octanol–water partition coefficient (Wildman–Crippen LogP) is 1.19. The zero-order valence-corrected chi connectivity index (χ0v) is 20.6. The molecule has 2 aliphatic rings. The number of benzene rings is 1. The molecule has 0 saturated carbocycles. The molecule has 0 aliphatic carbocycles. The lowest BCUT2D eigenvalue weighted by molar-refractivity contribution is -0.139. The Hall–Kier alpha value is -2.82. The fraction of sp³-hybridized carbons (Fsp3) is 0.458. The molecular formula is C24H31N5O4S. The Morgan fingerprint density at radius 2 is 1.97 bits per heavy atom. The Morgan fingerprint density at radius 3 is 2.68 bits per heavy atom. The highest BCUT2D eigenvalue weighted by molar-refractivity contribution is 7.87. The van der Waals surface area contributed by atoms with Gasteiger partial charge in [0.15, 0.2) is 0 Å². The van der Waals surface area contributed by atoms with Crippen molar-refractivity contribution in [3.8, 4) is 0 Å². The van der Waals surface area contributed by atoms with Crippen LogP contribution >= 0.6 is 0 Å². The van der Waals surface area contributed by atoms with Crippen molar-refractivity contribution >= 4 is 22.0 Å². The fourth-order valence-corrected chi connectivity index (χ4v) is 5.18. The summed E-state index contributed by atoms with van der Waals surface area (Å²) in [7, 11) is -0.600. The average molecular weight is 486 g/mol. The summed E-state index contributed by atoms with van der Waals surface area (Å²) in [5, 5.41) is 0. The lowest BCUT2D eigenvalue weighted by Crippen LogP contribution is -2.43. The van der Waals surface area contributed by atoms with E-state index in [4.69, 9.17) is 0 Å². The Kier molecular flexibility index (Phi) is 7.01. The summed E-state index contributed by atoms with van der Waals surface area (Å²) in [6.45, 7) is 3.56. The van der Waals surface area contributed by atoms with Gasteiger partial charge in [-0.05, 0) is 35.6 Å². The SMILES string of the molecule is Cc1ncc2c(c1CNS(=O)(=O)N(C)C)CCN(C(=O)CN1C[C@H](c3ccccc3)CC1=O)C2. The van der Waals surface area contributed by atoms with Crippen LogP contribution in [0, 0.1) is 6.92 Å². The van der Waals surface area contributed by atoms with Crippen LogP contribution in [0.1, 0.15) is 40.3 Å². The average Bonchev–Trinajstić information content (AvgIpc) is 3.18. The van der Waals surface area contributed by atoms with Crippen molar-refractivity contribution in [1.29, 1.82) is 0 Å². The standard InChI is InChI=1S/C24H31N5O4S/c1-17-22(13-26-34(32,33)27(2)3)21-9-10-28(15-20(21)12-25-17)24(31)16-29-14-19(11-23(29)30)18-7-5-4-6-8-18/h4-8,12,19,26H,9-11,13-16H2,1-3H3/t19-/m1/s1. The van der Waals surface area contributed by atoms with Crippen LogP contribution in [0.2, 0.25) is 0 Å². The van der Waals surface area contributed by atoms with Gasteiger partial charge >= 0.3 is 0 Å². The summed E-state index contributed by atoms with van der Waals surface area (Å²) in [6.07, 6.45) is 2.81. The first-order valence-electron chi connectivity index (χ1n) is 11.4. The minimum absolute atomic E-state index is 0.00682. The van der Waals surface area contributed by atoms with Gasteiger partial charge in [0.2, 0.25) is 11.8 Å². The first-order chi connectivity index (χ1) is 16.2. The van der Waals surface area contributed by atoms with Crippen LogP contribution in [-0.4, -0.2) is 73.1 Å². The summed E-state index contributed by atoms with van der Waals surface area (Å²) < 4.78 is 28.0. The molecule has 1 aromatic carbocycles. The van der Waals surface area contributed by atoms with Crippen molar-refractivity contribution in [3.63, 3.8) is 0 Å². The molecule has 1 saturated heterocycles. The second-order valence-corrected chi connectivity index (χ2v) is 11.1. The van der Waals surface area contributed by atoms with E-state index in [0.717, 1.165) is 32.3 Å². The molecule has 1 N–H and O–H groups in total. The quantitative estimate of drug-likeness (QED) is 0.635. The number of carbonyl (C=O) groups is 2. The molecule has 0 unspecified atom stereocenters. The van der Waals surface area contributed by atoms with Gasteiger partial charge in [-0.1, -0.05) is 30.3 Å². The van der Waals surface area contributed by atoms with E-state index in [0.29, 0.717) is 32.5 Å². The lowest BCUT2D eigenvalue weighted by atomic mass is 9.95. The van der Waals surface area contributed by atoms with Gasteiger partial charge < -0.3 is 9.80 Å². The van der Waals surface area contributed by atoms with Gasteiger partial charge in [0.1, 0.15) is 0 Å². The molecule has 3 heterocycles. The van der Waals surface area contributed by atoms with Gasteiger partial charge in [-0.25, -0.2) is 0 Å². The molecule has 1 atom stereocenters. The number of nitrogens with one attached hydrogen (secondary N) is 1. The number of rotatable bonds is 7. The number of aryl methyl sites for hydroxylation is 1. The Balaban J connectivity index is 1.41. The van der Waals surface area contributed by atoms with Crippen LogP contribution in [0.3, 0.4) is 0 Å². The first kappa shape index (κ1) is 24.3. The van der Waals surface area contributed by atoms with E-state index >= 15 is 0 Å². The summed E-state index contributed by atoms with van der Waals surface area (Å²) >= 11 is 0. The maximum Gasteiger partial charge on any atom is 0.279 e. The molecule has 2 aromatic rings. The molecule has 0 spiro atoms. The summed E-state index contributed by atoms with van der Waals surface area (Å²) in [5.74, 6) is 0.0415. The monoisotopic (exact) mass is 485 g/mol. The fourth-order valence-electron chi connectivity index (χ4n) is 4.60. The minimum atomic E-state index is -3.55. The Morgan fingerprint density at radius 1 is 1.24 bits per heavy atom. The highest BCUT2D eigenvalue weighted by atomic mass is 32.2. The van der Waals surface area contributed by atoms with Gasteiger partial charge in [0.25, 0.3) is 10.2 Å². The van der Waals surface area contributed by atoms with Crippen LogP contribution in [0.15, 0.2) is 36.5 Å². The first-order valence-corrected chi connectivity index (χ1v) is 12.8. The summed E-state index contributed by atoms with van der Waals surface area (Å²) in [6, 6.07) is 9.93. The third-order valence-electron chi connectivity index (χ3n) is 6.67. The summed E-state index contributed by atoms with van der Waals surface area (Å²) in [4.78, 5) is 33.5. The molecule has 0 radical (unpaired) electrons. The maximum atomic E-state index is 13.1. The molecule has 34 heavy (non-hydrogen) atoms. The molecule has 182 valence electrons. The van der Waals surface area contributed by atoms with E-state index in [-0.39, 0.29) is 30.8 Å². The van der Waals surface area contributed by atoms with Gasteiger partial charge in [0.05, 0.1) is 6.54 Å². The number of amides is 2. The van der Waals surface area contributed by atoms with E-state index in [1.165, 1.54) is 14.1 Å². The van der Waals surface area contributed by atoms with Crippen molar-refractivity contribution in [2.75, 3.05) is 33.7 Å². The van der Waals surface area contributed by atoms with Crippen LogP contribution in [0.25, 0.3) is 0 Å². The minimum Gasteiger partial charge on any atom is -0.336 e. The Bertz CT molecular complexity index is 1180. The number of nitrogens with zero attached hydrogens (tertiary/aromatic N) is 4. The Labute approximate surface area is 200 Å². The number of hydrogen-bond acceptors (Lipinski definition) is 5. The van der Waals surface area contributed by atoms with E-state index in [2.05, 4.69) is 9.71 Å². The molecule has 2 aliphatic heterocycles. The van der Waals surface area contributed by atoms with Gasteiger partial charge in [-0.15, -0.1) is 0 Å². The number of fused-ring (bicyclic) bond motifs is 1. The lowest BCUT2D eigenvalue weighted by Gasteiger charge is -2.32. The van der Waals surface area contributed by atoms with Crippen molar-refractivity contribution in [2.45, 2.75) is 38.8 Å². The molecule has 9 nitrogen and oxygen atoms in total. The van der Waals surface area contributed by atoms with Gasteiger partial charge in [-0.2, -0.15) is 17.4 Å². The molecule has 4 rings (SSSR count). The molecule has 0 bridgehead atoms. The zero-order valence-electron chi connectivity index (χ0n) is 19.8. The van der Waals surface area contributed by atoms with Crippen molar-refractivity contribution in [1.82, 2.24) is 23.8 Å². The largest absolute Gasteiger partial charge is 0.336 e. The van der Waals surface area contributed by atoms with E-state index in [1.807, 2.05) is 37.3 Å². The predicted molar refractivity (Wildman–Crippen MR) is 128 cm³/mol. The second kappa shape index (κ2) is 9.81. The molecule has 1 aromatic heterocycles. The third kappa shape index (κ3) is 5.13. The highest BCUT2D eigenvalue weighted by Crippen LogP contribution is 2.29. The van der Waals surface area contributed by atoms with Gasteiger partial charge in [0, 0.05) is 64.5 Å². The van der Waals surface area contributed by atoms with E-state index < -0.39 is 10.2 Å². The molecule has 2 amide bonds. The van der Waals surface area contributed by atoms with Crippen LogP contribution in [-0.2, 0) is 39.3 Å². The zero-order chi connectivity index (χ0) is 24.5. The van der Waals surface area contributed by atoms with Crippen LogP contribution in [0.5, 0.6) is 0 Å². The topological polar surface area (TPSA) is 103 Å². The van der Waals surface area contributed by atoms with Crippen LogP contribution < -0.4 is 4.72 Å². The maximum absolute atomic E-state index is 13.1. The number of carbonyl (C=O) groups excluding carboxylic acids is 2. The molecule has 1 fully saturated rings. The van der Waals surface area contributed by atoms with Crippen molar-refractivity contribution in [2.24, 2.45) is 0 Å². The third-order valence-corrected chi connectivity index (χ3v) is 8.14. The van der Waals surface area contributed by atoms with E-state index in [9.17, 15) is 18.0 Å². The smallest absolute Gasteiger partial charge is 0.279 e. The highest BCUT2D eigenvalue weighted by Gasteiger charge is 2.33. The number of likely N-dealkylation sites (tertiary alicyclic amines) is 1. The molecule has 10 heteroatoms. The van der Waals surface area contributed by atoms with E-state index in [1.54, 1.807) is 16.0 Å². The van der Waals surface area contributed by atoms with Crippen LogP contribution in [0.4, 0.5) is 0 Å². The normalized spacial score (nSPS) is 18.5. The van der Waals surface area contributed by atoms with Crippen molar-refractivity contribution < 1.29 is 18.0 Å². The molecular weight excluding hydrogens is 454 g/mol. The van der Waals surface area contributed by atoms with Gasteiger partial charge in [-0.3, -0.25) is 14.6 Å². The number of aromatic nitrogens is 1.